The standard InChI is InChI=1S/C25H23Cl2FN2O3S/c1-31-23-11-15-9-10-30(25(34)29-17-5-8-20(26)21(27)12-17)22(19(15)13-24(23)32-2)14-33-18-6-3-16(28)4-7-18/h3-8,11-13,22H,9-10,14H2,1-2H3,(H,29,34)/t22-/m0/s1. The minimum Gasteiger partial charge on any atom is -0.493 e. The summed E-state index contributed by atoms with van der Waals surface area (Å²) in [4.78, 5) is 2.07. The molecule has 0 unspecified atom stereocenters. The maximum absolute atomic E-state index is 13.3. The van der Waals surface area contributed by atoms with Gasteiger partial charge >= 0.3 is 0 Å². The van der Waals surface area contributed by atoms with E-state index in [4.69, 9.17) is 49.6 Å². The van der Waals surface area contributed by atoms with Crippen LogP contribution in [0.1, 0.15) is 17.2 Å². The third-order valence-corrected chi connectivity index (χ3v) is 6.73. The van der Waals surface area contributed by atoms with E-state index >= 15 is 0 Å². The van der Waals surface area contributed by atoms with Crippen LogP contribution in [0.2, 0.25) is 10.0 Å². The Labute approximate surface area is 213 Å². The van der Waals surface area contributed by atoms with E-state index in [1.165, 1.54) is 12.1 Å². The van der Waals surface area contributed by atoms with Crippen LogP contribution >= 0.6 is 35.4 Å². The van der Waals surface area contributed by atoms with Crippen molar-refractivity contribution in [1.82, 2.24) is 4.90 Å². The summed E-state index contributed by atoms with van der Waals surface area (Å²) in [6, 6.07) is 14.9. The first-order chi connectivity index (χ1) is 16.4. The average Bonchev–Trinajstić information content (AvgIpc) is 2.84. The molecule has 3 aromatic rings. The molecular formula is C25H23Cl2FN2O3S. The van der Waals surface area contributed by atoms with Crippen molar-refractivity contribution in [3.63, 3.8) is 0 Å². The second kappa shape index (κ2) is 10.7. The van der Waals surface area contributed by atoms with Crippen molar-refractivity contribution in [3.8, 4) is 17.2 Å². The van der Waals surface area contributed by atoms with E-state index in [2.05, 4.69) is 10.2 Å². The van der Waals surface area contributed by atoms with Crippen molar-refractivity contribution in [2.24, 2.45) is 0 Å². The lowest BCUT2D eigenvalue weighted by Gasteiger charge is -2.39. The number of rotatable bonds is 6. The first-order valence-corrected chi connectivity index (χ1v) is 11.7. The van der Waals surface area contributed by atoms with Crippen LogP contribution in [0.4, 0.5) is 10.1 Å². The predicted molar refractivity (Wildman–Crippen MR) is 137 cm³/mol. The van der Waals surface area contributed by atoms with Crippen LogP contribution in [0.15, 0.2) is 54.6 Å². The number of fused-ring (bicyclic) bond motifs is 1. The lowest BCUT2D eigenvalue weighted by molar-refractivity contribution is 0.190. The van der Waals surface area contributed by atoms with Crippen molar-refractivity contribution < 1.29 is 18.6 Å². The summed E-state index contributed by atoms with van der Waals surface area (Å²) in [7, 11) is 3.22. The summed E-state index contributed by atoms with van der Waals surface area (Å²) in [6.07, 6.45) is 0.756. The van der Waals surface area contributed by atoms with Crippen LogP contribution in [0.5, 0.6) is 17.2 Å². The largest absolute Gasteiger partial charge is 0.493 e. The Morgan fingerprint density at radius 1 is 1.03 bits per heavy atom. The molecule has 1 heterocycles. The van der Waals surface area contributed by atoms with Crippen LogP contribution in [0.25, 0.3) is 0 Å². The van der Waals surface area contributed by atoms with Crippen molar-refractivity contribution in [1.29, 1.82) is 0 Å². The Balaban J connectivity index is 1.64. The van der Waals surface area contributed by atoms with Gasteiger partial charge in [-0.3, -0.25) is 0 Å². The second-order valence-corrected chi connectivity index (χ2v) is 8.89. The molecule has 1 atom stereocenters. The number of hydrogen-bond donors (Lipinski definition) is 1. The number of hydrogen-bond acceptors (Lipinski definition) is 4. The third kappa shape index (κ3) is 5.32. The van der Waals surface area contributed by atoms with Crippen LogP contribution in [-0.2, 0) is 6.42 Å². The van der Waals surface area contributed by atoms with Crippen molar-refractivity contribution in [2.45, 2.75) is 12.5 Å². The fourth-order valence-corrected chi connectivity index (χ4v) is 4.56. The second-order valence-electron chi connectivity index (χ2n) is 7.69. The fourth-order valence-electron chi connectivity index (χ4n) is 3.93. The lowest BCUT2D eigenvalue weighted by atomic mass is 9.92. The van der Waals surface area contributed by atoms with E-state index in [0.29, 0.717) is 39.0 Å². The Bertz CT molecular complexity index is 1190. The first-order valence-electron chi connectivity index (χ1n) is 10.6. The summed E-state index contributed by atoms with van der Waals surface area (Å²) >= 11 is 18.0. The molecule has 0 spiro atoms. The van der Waals surface area contributed by atoms with Crippen molar-refractivity contribution >= 4 is 46.2 Å². The summed E-state index contributed by atoms with van der Waals surface area (Å²) in [5.41, 5.74) is 2.87. The van der Waals surface area contributed by atoms with Gasteiger partial charge in [0.1, 0.15) is 18.2 Å². The molecule has 0 saturated heterocycles. The number of halogens is 3. The van der Waals surface area contributed by atoms with Crippen LogP contribution < -0.4 is 19.5 Å². The number of benzene rings is 3. The maximum Gasteiger partial charge on any atom is 0.174 e. The van der Waals surface area contributed by atoms with Gasteiger partial charge in [-0.05, 0) is 84.4 Å². The quantitative estimate of drug-likeness (QED) is 0.373. The highest BCUT2D eigenvalue weighted by Crippen LogP contribution is 2.39. The topological polar surface area (TPSA) is 43.0 Å². The summed E-state index contributed by atoms with van der Waals surface area (Å²) in [5.74, 6) is 1.54. The van der Waals surface area contributed by atoms with E-state index in [1.807, 2.05) is 18.2 Å². The average molecular weight is 521 g/mol. The third-order valence-electron chi connectivity index (χ3n) is 5.66. The Kier molecular flexibility index (Phi) is 7.66. The molecular weight excluding hydrogens is 498 g/mol. The summed E-state index contributed by atoms with van der Waals surface area (Å²) < 4.78 is 30.4. The molecule has 0 radical (unpaired) electrons. The number of thiocarbonyl (C=S) groups is 1. The van der Waals surface area contributed by atoms with E-state index < -0.39 is 0 Å². The number of nitrogens with zero attached hydrogens (tertiary/aromatic N) is 1. The van der Waals surface area contributed by atoms with E-state index in [1.54, 1.807) is 38.5 Å². The Morgan fingerprint density at radius 3 is 2.41 bits per heavy atom. The molecule has 34 heavy (non-hydrogen) atoms. The number of methoxy groups -OCH3 is 2. The van der Waals surface area contributed by atoms with Crippen molar-refractivity contribution in [3.05, 3.63) is 81.6 Å². The molecule has 178 valence electrons. The molecule has 5 nitrogen and oxygen atoms in total. The molecule has 0 aliphatic carbocycles. The van der Waals surface area contributed by atoms with E-state index in [0.717, 1.165) is 23.2 Å². The fraction of sp³-hybridized carbons (Fsp3) is 0.240. The highest BCUT2D eigenvalue weighted by Gasteiger charge is 2.31. The molecule has 1 aliphatic heterocycles. The predicted octanol–water partition coefficient (Wildman–Crippen LogP) is 6.52. The van der Waals surface area contributed by atoms with Gasteiger partial charge in [-0.1, -0.05) is 23.2 Å². The molecule has 4 rings (SSSR count). The highest BCUT2D eigenvalue weighted by atomic mass is 35.5. The normalized spacial score (nSPS) is 14.9. The molecule has 0 aromatic heterocycles. The van der Waals surface area contributed by atoms with Gasteiger partial charge in [0, 0.05) is 12.2 Å². The minimum absolute atomic E-state index is 0.226. The highest BCUT2D eigenvalue weighted by molar-refractivity contribution is 7.80. The lowest BCUT2D eigenvalue weighted by Crippen LogP contribution is -2.44. The van der Waals surface area contributed by atoms with Gasteiger partial charge in [0.05, 0.1) is 30.3 Å². The van der Waals surface area contributed by atoms with Crippen LogP contribution in [0.3, 0.4) is 0 Å². The van der Waals surface area contributed by atoms with Gasteiger partial charge in [-0.25, -0.2) is 4.39 Å². The molecule has 9 heteroatoms. The van der Waals surface area contributed by atoms with Crippen LogP contribution in [0, 0.1) is 5.82 Å². The number of ether oxygens (including phenoxy) is 3. The van der Waals surface area contributed by atoms with Crippen LogP contribution in [-0.4, -0.2) is 37.4 Å². The SMILES string of the molecule is COc1cc2c(cc1OC)[C@H](COc1ccc(F)cc1)N(C(=S)Nc1ccc(Cl)c(Cl)c1)CC2. The number of nitrogens with one attached hydrogen (secondary N) is 1. The first kappa shape index (κ1) is 24.4. The van der Waals surface area contributed by atoms with Gasteiger partial charge in [0.15, 0.2) is 16.6 Å². The van der Waals surface area contributed by atoms with Gasteiger partial charge in [0.25, 0.3) is 0 Å². The molecule has 3 aromatic carbocycles. The maximum atomic E-state index is 13.3. The monoisotopic (exact) mass is 520 g/mol. The zero-order valence-electron chi connectivity index (χ0n) is 18.6. The van der Waals surface area contributed by atoms with Gasteiger partial charge in [0.2, 0.25) is 0 Å². The zero-order valence-corrected chi connectivity index (χ0v) is 20.9. The minimum atomic E-state index is -0.319. The van der Waals surface area contributed by atoms with E-state index in [9.17, 15) is 4.39 Å². The summed E-state index contributed by atoms with van der Waals surface area (Å²) in [6.45, 7) is 0.949. The van der Waals surface area contributed by atoms with Crippen molar-refractivity contribution in [2.75, 3.05) is 32.7 Å². The molecule has 0 bridgehead atoms. The Morgan fingerprint density at radius 2 is 1.74 bits per heavy atom. The van der Waals surface area contributed by atoms with E-state index in [-0.39, 0.29) is 18.5 Å². The number of anilines is 1. The Hall–Kier alpha value is -2.74. The van der Waals surface area contributed by atoms with Gasteiger partial charge in [-0.15, -0.1) is 0 Å². The molecule has 0 saturated carbocycles. The van der Waals surface area contributed by atoms with Gasteiger partial charge < -0.3 is 24.4 Å². The van der Waals surface area contributed by atoms with Gasteiger partial charge in [-0.2, -0.15) is 0 Å². The zero-order chi connectivity index (χ0) is 24.2. The summed E-state index contributed by atoms with van der Waals surface area (Å²) in [5, 5.41) is 4.68. The molecule has 1 N–H and O–H groups in total. The molecule has 0 fully saturated rings. The smallest absolute Gasteiger partial charge is 0.174 e. The molecule has 1 aliphatic rings. The molecule has 0 amide bonds.